The predicted octanol–water partition coefficient (Wildman–Crippen LogP) is 1.56. The molecule has 18 heavy (non-hydrogen) atoms. The molecule has 0 amide bonds. The number of ether oxygens (including phenoxy) is 1. The summed E-state index contributed by atoms with van der Waals surface area (Å²) in [7, 11) is -3.92. The molecule has 1 aromatic carbocycles. The average Bonchev–Trinajstić information content (AvgIpc) is 2.19. The van der Waals surface area contributed by atoms with Crippen LogP contribution in [0.25, 0.3) is 0 Å². The molecular weight excluding hydrogens is 282 g/mol. The number of hydrogen-bond acceptors (Lipinski definition) is 4. The molecule has 0 aliphatic heterocycles. The third-order valence-corrected chi connectivity index (χ3v) is 3.29. The van der Waals surface area contributed by atoms with Crippen molar-refractivity contribution in [2.75, 3.05) is 17.1 Å². The van der Waals surface area contributed by atoms with E-state index in [1.165, 1.54) is 18.2 Å². The van der Waals surface area contributed by atoms with Crippen LogP contribution in [0.15, 0.2) is 18.2 Å². The fourth-order valence-electron chi connectivity index (χ4n) is 1.22. The number of aliphatic carboxylic acids is 1. The smallest absolute Gasteiger partial charge is 0.320 e. The molecular formula is C10H12ClNO5S. The van der Waals surface area contributed by atoms with Crippen LogP contribution in [0.2, 0.25) is 5.02 Å². The van der Waals surface area contributed by atoms with Crippen molar-refractivity contribution >= 4 is 33.3 Å². The summed E-state index contributed by atoms with van der Waals surface area (Å²) in [5.74, 6) is -2.00. The molecule has 1 aromatic rings. The van der Waals surface area contributed by atoms with Gasteiger partial charge in [-0.25, -0.2) is 8.42 Å². The molecule has 2 N–H and O–H groups in total. The zero-order valence-corrected chi connectivity index (χ0v) is 11.1. The van der Waals surface area contributed by atoms with Gasteiger partial charge in [0.2, 0.25) is 10.0 Å². The van der Waals surface area contributed by atoms with Gasteiger partial charge in [-0.1, -0.05) is 11.6 Å². The van der Waals surface area contributed by atoms with Crippen molar-refractivity contribution in [2.45, 2.75) is 6.92 Å². The second kappa shape index (κ2) is 5.92. The van der Waals surface area contributed by atoms with Crippen molar-refractivity contribution in [2.24, 2.45) is 0 Å². The zero-order valence-electron chi connectivity index (χ0n) is 9.51. The number of nitrogens with one attached hydrogen (secondary N) is 1. The first-order valence-electron chi connectivity index (χ1n) is 4.98. The molecule has 6 nitrogen and oxygen atoms in total. The van der Waals surface area contributed by atoms with Gasteiger partial charge < -0.3 is 9.84 Å². The van der Waals surface area contributed by atoms with E-state index < -0.39 is 21.7 Å². The Hall–Kier alpha value is -1.47. The molecule has 0 unspecified atom stereocenters. The van der Waals surface area contributed by atoms with Crippen LogP contribution in [0.1, 0.15) is 6.92 Å². The fraction of sp³-hybridized carbons (Fsp3) is 0.300. The van der Waals surface area contributed by atoms with Crippen molar-refractivity contribution < 1.29 is 23.1 Å². The van der Waals surface area contributed by atoms with E-state index in [4.69, 9.17) is 21.4 Å². The molecule has 0 saturated carbocycles. The number of carbonyl (C=O) groups is 1. The lowest BCUT2D eigenvalue weighted by Crippen LogP contribution is -2.22. The number of carboxylic acid groups (broad SMARTS) is 1. The average molecular weight is 294 g/mol. The second-order valence-corrected chi connectivity index (χ2v) is 5.46. The molecule has 0 spiro atoms. The number of anilines is 1. The van der Waals surface area contributed by atoms with Gasteiger partial charge in [0.25, 0.3) is 0 Å². The van der Waals surface area contributed by atoms with Gasteiger partial charge in [0.1, 0.15) is 5.75 Å². The minimum absolute atomic E-state index is 0.185. The molecule has 100 valence electrons. The summed E-state index contributed by atoms with van der Waals surface area (Å²) in [5, 5.41) is 8.67. The van der Waals surface area contributed by atoms with Gasteiger partial charge in [-0.15, -0.1) is 0 Å². The minimum Gasteiger partial charge on any atom is -0.492 e. The lowest BCUT2D eigenvalue weighted by molar-refractivity contribution is -0.134. The Kier molecular flexibility index (Phi) is 4.80. The van der Waals surface area contributed by atoms with Crippen LogP contribution >= 0.6 is 11.6 Å². The molecule has 0 aliphatic carbocycles. The zero-order chi connectivity index (χ0) is 13.8. The summed E-state index contributed by atoms with van der Waals surface area (Å²) < 4.78 is 30.0. The number of rotatable bonds is 6. The number of halogens is 1. The van der Waals surface area contributed by atoms with Crippen LogP contribution < -0.4 is 9.46 Å². The quantitative estimate of drug-likeness (QED) is 0.830. The summed E-state index contributed by atoms with van der Waals surface area (Å²) in [4.78, 5) is 10.3. The monoisotopic (exact) mass is 293 g/mol. The SMILES string of the molecule is CCOc1ccc(NS(=O)(=O)CC(=O)O)cc1Cl. The number of hydrogen-bond donors (Lipinski definition) is 2. The Balaban J connectivity index is 2.86. The predicted molar refractivity (Wildman–Crippen MR) is 67.7 cm³/mol. The van der Waals surface area contributed by atoms with Crippen molar-refractivity contribution in [3.63, 3.8) is 0 Å². The maximum Gasteiger partial charge on any atom is 0.320 e. The number of sulfonamides is 1. The third kappa shape index (κ3) is 4.42. The van der Waals surface area contributed by atoms with Crippen molar-refractivity contribution in [1.29, 1.82) is 0 Å². The highest BCUT2D eigenvalue weighted by Gasteiger charge is 2.16. The van der Waals surface area contributed by atoms with Crippen molar-refractivity contribution in [3.05, 3.63) is 23.2 Å². The van der Waals surface area contributed by atoms with E-state index in [9.17, 15) is 13.2 Å². The summed E-state index contributed by atoms with van der Waals surface area (Å²) in [5.41, 5.74) is 0.185. The molecule has 8 heteroatoms. The van der Waals surface area contributed by atoms with Crippen LogP contribution in [0.3, 0.4) is 0 Å². The lowest BCUT2D eigenvalue weighted by atomic mass is 10.3. The first kappa shape index (κ1) is 14.6. The van der Waals surface area contributed by atoms with Crippen LogP contribution in [0.4, 0.5) is 5.69 Å². The Bertz CT molecular complexity index is 543. The summed E-state index contributed by atoms with van der Waals surface area (Å²) >= 11 is 5.87. The Labute approximate surface area is 110 Å². The first-order valence-corrected chi connectivity index (χ1v) is 7.01. The Morgan fingerprint density at radius 3 is 2.67 bits per heavy atom. The van der Waals surface area contributed by atoms with E-state index in [0.717, 1.165) is 0 Å². The molecule has 0 aliphatic rings. The largest absolute Gasteiger partial charge is 0.492 e. The van der Waals surface area contributed by atoms with Crippen molar-refractivity contribution in [3.8, 4) is 5.75 Å². The van der Waals surface area contributed by atoms with E-state index in [1.807, 2.05) is 0 Å². The van der Waals surface area contributed by atoms with Gasteiger partial charge in [-0.3, -0.25) is 9.52 Å². The minimum atomic E-state index is -3.92. The van der Waals surface area contributed by atoms with Crippen LogP contribution in [0.5, 0.6) is 5.75 Å². The molecule has 0 radical (unpaired) electrons. The normalized spacial score (nSPS) is 11.0. The molecule has 0 heterocycles. The Morgan fingerprint density at radius 1 is 1.50 bits per heavy atom. The van der Waals surface area contributed by atoms with Crippen molar-refractivity contribution in [1.82, 2.24) is 0 Å². The highest BCUT2D eigenvalue weighted by atomic mass is 35.5. The van der Waals surface area contributed by atoms with E-state index >= 15 is 0 Å². The highest BCUT2D eigenvalue weighted by Crippen LogP contribution is 2.28. The molecule has 0 atom stereocenters. The van der Waals surface area contributed by atoms with Gasteiger partial charge in [-0.2, -0.15) is 0 Å². The van der Waals surface area contributed by atoms with Crippen LogP contribution in [-0.2, 0) is 14.8 Å². The molecule has 1 rings (SSSR count). The molecule has 0 bridgehead atoms. The van der Waals surface area contributed by atoms with Gasteiger partial charge >= 0.3 is 5.97 Å². The topological polar surface area (TPSA) is 92.7 Å². The van der Waals surface area contributed by atoms with Gasteiger partial charge in [-0.05, 0) is 25.1 Å². The fourth-order valence-corrected chi connectivity index (χ4v) is 2.33. The van der Waals surface area contributed by atoms with Crippen LogP contribution in [-0.4, -0.2) is 31.9 Å². The molecule has 0 saturated heterocycles. The van der Waals surface area contributed by atoms with Crippen LogP contribution in [0, 0.1) is 0 Å². The maximum atomic E-state index is 11.4. The number of benzene rings is 1. The summed E-state index contributed by atoms with van der Waals surface area (Å²) in [6, 6.07) is 4.30. The maximum absolute atomic E-state index is 11.4. The second-order valence-electron chi connectivity index (χ2n) is 3.33. The summed E-state index contributed by atoms with van der Waals surface area (Å²) in [6.07, 6.45) is 0. The van der Waals surface area contributed by atoms with Gasteiger partial charge in [0.05, 0.1) is 17.3 Å². The van der Waals surface area contributed by atoms with Gasteiger partial charge in [0.15, 0.2) is 5.75 Å². The first-order chi connectivity index (χ1) is 8.34. The standard InChI is InChI=1S/C10H12ClNO5S/c1-2-17-9-4-3-7(5-8(9)11)12-18(15,16)6-10(13)14/h3-5,12H,2,6H2,1H3,(H,13,14). The van der Waals surface area contributed by atoms with E-state index in [-0.39, 0.29) is 10.7 Å². The molecule has 0 fully saturated rings. The highest BCUT2D eigenvalue weighted by molar-refractivity contribution is 7.93. The summed E-state index contributed by atoms with van der Waals surface area (Å²) in [6.45, 7) is 2.23. The Morgan fingerprint density at radius 2 is 2.17 bits per heavy atom. The molecule has 0 aromatic heterocycles. The van der Waals surface area contributed by atoms with Gasteiger partial charge in [0, 0.05) is 0 Å². The lowest BCUT2D eigenvalue weighted by Gasteiger charge is -2.09. The third-order valence-electron chi connectivity index (χ3n) is 1.82. The van der Waals surface area contributed by atoms with E-state index in [2.05, 4.69) is 4.72 Å². The van der Waals surface area contributed by atoms with E-state index in [1.54, 1.807) is 6.92 Å². The van der Waals surface area contributed by atoms with E-state index in [0.29, 0.717) is 12.4 Å². The number of carboxylic acids is 1.